The molecule has 1 aliphatic carbocycles. The van der Waals surface area contributed by atoms with Gasteiger partial charge in [0.05, 0.1) is 18.4 Å². The van der Waals surface area contributed by atoms with Crippen molar-refractivity contribution in [1.82, 2.24) is 0 Å². The zero-order valence-corrected chi connectivity index (χ0v) is 15.2. The average Bonchev–Trinajstić information content (AvgIpc) is 2.73. The highest BCUT2D eigenvalue weighted by atomic mass is 79.9. The molecule has 0 bridgehead atoms. The van der Waals surface area contributed by atoms with E-state index in [0.717, 1.165) is 15.7 Å². The van der Waals surface area contributed by atoms with Crippen LogP contribution in [0.25, 0.3) is 5.57 Å². The quantitative estimate of drug-likeness (QED) is 0.617. The Bertz CT molecular complexity index is 694. The molecule has 1 aromatic rings. The lowest BCUT2D eigenvalue weighted by Gasteiger charge is -2.14. The van der Waals surface area contributed by atoms with Gasteiger partial charge in [-0.15, -0.1) is 0 Å². The van der Waals surface area contributed by atoms with Crippen LogP contribution in [0.5, 0.6) is 5.75 Å². The molecule has 1 atom stereocenters. The SMILES string of the molecule is CON=C(C)CC1CC(=O)C(c2c(C)cc(Br)cc2OC)=C1O. The summed E-state index contributed by atoms with van der Waals surface area (Å²) in [6, 6.07) is 3.69. The summed E-state index contributed by atoms with van der Waals surface area (Å²) < 4.78 is 6.26. The van der Waals surface area contributed by atoms with E-state index in [1.807, 2.05) is 19.9 Å². The van der Waals surface area contributed by atoms with Gasteiger partial charge in [0.1, 0.15) is 18.6 Å². The minimum atomic E-state index is -0.274. The molecule has 0 aliphatic heterocycles. The van der Waals surface area contributed by atoms with Crippen molar-refractivity contribution in [3.8, 4) is 5.75 Å². The van der Waals surface area contributed by atoms with Crippen LogP contribution in [-0.4, -0.2) is 30.8 Å². The molecular formula is C17H20BrNO4. The van der Waals surface area contributed by atoms with E-state index in [0.29, 0.717) is 23.3 Å². The summed E-state index contributed by atoms with van der Waals surface area (Å²) in [5.41, 5.74) is 2.61. The summed E-state index contributed by atoms with van der Waals surface area (Å²) >= 11 is 3.42. The third-order valence-electron chi connectivity index (χ3n) is 3.88. The maximum absolute atomic E-state index is 12.5. The standard InChI is InChI=1S/C17H20BrNO4/c1-9-5-12(18)8-14(22-3)15(9)16-13(20)7-11(17(16)21)6-10(2)19-23-4/h5,8,11,21H,6-7H2,1-4H3. The number of nitrogens with zero attached hydrogens (tertiary/aromatic N) is 1. The number of hydrogen-bond acceptors (Lipinski definition) is 5. The van der Waals surface area contributed by atoms with E-state index < -0.39 is 0 Å². The number of carbonyl (C=O) groups is 1. The fourth-order valence-electron chi connectivity index (χ4n) is 2.95. The van der Waals surface area contributed by atoms with Crippen molar-refractivity contribution in [2.75, 3.05) is 14.2 Å². The van der Waals surface area contributed by atoms with Gasteiger partial charge in [-0.3, -0.25) is 4.79 Å². The molecule has 1 aliphatic rings. The average molecular weight is 382 g/mol. The first kappa shape index (κ1) is 17.5. The molecule has 6 heteroatoms. The van der Waals surface area contributed by atoms with Gasteiger partial charge >= 0.3 is 0 Å². The van der Waals surface area contributed by atoms with E-state index in [4.69, 9.17) is 9.57 Å². The number of rotatable bonds is 5. The Morgan fingerprint density at radius 2 is 2.13 bits per heavy atom. The number of ether oxygens (including phenoxy) is 1. The highest BCUT2D eigenvalue weighted by Gasteiger charge is 2.35. The van der Waals surface area contributed by atoms with E-state index in [-0.39, 0.29) is 23.9 Å². The van der Waals surface area contributed by atoms with Gasteiger partial charge in [0, 0.05) is 22.4 Å². The molecule has 124 valence electrons. The molecule has 1 unspecified atom stereocenters. The smallest absolute Gasteiger partial charge is 0.167 e. The lowest BCUT2D eigenvalue weighted by Crippen LogP contribution is -2.06. The van der Waals surface area contributed by atoms with Gasteiger partial charge in [-0.1, -0.05) is 21.1 Å². The fraction of sp³-hybridized carbons (Fsp3) is 0.412. The number of halogens is 1. The van der Waals surface area contributed by atoms with Crippen LogP contribution in [0.3, 0.4) is 0 Å². The summed E-state index contributed by atoms with van der Waals surface area (Å²) in [6.45, 7) is 3.70. The predicted octanol–water partition coefficient (Wildman–Crippen LogP) is 4.04. The second-order valence-corrected chi connectivity index (χ2v) is 6.51. The Labute approximate surface area is 144 Å². The van der Waals surface area contributed by atoms with Crippen molar-refractivity contribution in [2.45, 2.75) is 26.7 Å². The molecular weight excluding hydrogens is 362 g/mol. The summed E-state index contributed by atoms with van der Waals surface area (Å²) in [4.78, 5) is 17.2. The summed E-state index contributed by atoms with van der Waals surface area (Å²) in [5.74, 6) is 0.310. The number of benzene rings is 1. The van der Waals surface area contributed by atoms with Crippen LogP contribution >= 0.6 is 15.9 Å². The van der Waals surface area contributed by atoms with Gasteiger partial charge in [0.15, 0.2) is 5.78 Å². The van der Waals surface area contributed by atoms with Crippen LogP contribution in [0.15, 0.2) is 27.5 Å². The van der Waals surface area contributed by atoms with Crippen LogP contribution in [-0.2, 0) is 9.63 Å². The number of oxime groups is 1. The molecule has 2 rings (SSSR count). The molecule has 0 spiro atoms. The molecule has 0 saturated carbocycles. The van der Waals surface area contributed by atoms with Crippen LogP contribution in [0.4, 0.5) is 0 Å². The Hall–Kier alpha value is -1.82. The fourth-order valence-corrected chi connectivity index (χ4v) is 3.50. The van der Waals surface area contributed by atoms with Gasteiger partial charge in [-0.25, -0.2) is 0 Å². The lowest BCUT2D eigenvalue weighted by atomic mass is 9.97. The van der Waals surface area contributed by atoms with Gasteiger partial charge in [-0.05, 0) is 38.0 Å². The summed E-state index contributed by atoms with van der Waals surface area (Å²) in [5, 5.41) is 14.4. The molecule has 1 N–H and O–H groups in total. The molecule has 0 amide bonds. The maximum atomic E-state index is 12.5. The molecule has 0 saturated heterocycles. The van der Waals surface area contributed by atoms with Crippen LogP contribution in [0, 0.1) is 12.8 Å². The minimum absolute atomic E-state index is 0.0820. The number of methoxy groups -OCH3 is 1. The number of ketones is 1. The third kappa shape index (κ3) is 3.58. The van der Waals surface area contributed by atoms with Crippen LogP contribution < -0.4 is 4.74 Å². The molecule has 1 aromatic carbocycles. The van der Waals surface area contributed by atoms with Crippen LogP contribution in [0.1, 0.15) is 30.9 Å². The Morgan fingerprint density at radius 3 is 2.74 bits per heavy atom. The van der Waals surface area contributed by atoms with E-state index in [1.54, 1.807) is 13.2 Å². The van der Waals surface area contributed by atoms with Crippen molar-refractivity contribution >= 4 is 33.0 Å². The van der Waals surface area contributed by atoms with Gasteiger partial charge in [0.25, 0.3) is 0 Å². The summed E-state index contributed by atoms with van der Waals surface area (Å²) in [6.07, 6.45) is 0.739. The van der Waals surface area contributed by atoms with Gasteiger partial charge in [0.2, 0.25) is 0 Å². The summed E-state index contributed by atoms with van der Waals surface area (Å²) in [7, 11) is 3.02. The number of carbonyl (C=O) groups excluding carboxylic acids is 1. The monoisotopic (exact) mass is 381 g/mol. The largest absolute Gasteiger partial charge is 0.511 e. The maximum Gasteiger partial charge on any atom is 0.167 e. The lowest BCUT2D eigenvalue weighted by molar-refractivity contribution is -0.113. The number of aliphatic hydroxyl groups excluding tert-OH is 1. The number of allylic oxidation sites excluding steroid dienone is 2. The Balaban J connectivity index is 2.48. The van der Waals surface area contributed by atoms with Crippen molar-refractivity contribution in [3.63, 3.8) is 0 Å². The van der Waals surface area contributed by atoms with Gasteiger partial charge in [-0.2, -0.15) is 0 Å². The predicted molar refractivity (Wildman–Crippen MR) is 92.8 cm³/mol. The first-order valence-corrected chi connectivity index (χ1v) is 8.05. The van der Waals surface area contributed by atoms with E-state index in [1.165, 1.54) is 7.11 Å². The third-order valence-corrected chi connectivity index (χ3v) is 4.33. The molecule has 23 heavy (non-hydrogen) atoms. The molecule has 0 radical (unpaired) electrons. The van der Waals surface area contributed by atoms with Crippen molar-refractivity contribution in [3.05, 3.63) is 33.5 Å². The molecule has 0 fully saturated rings. The number of Topliss-reactive ketones (excluding diaryl/α,β-unsaturated/α-hetero) is 1. The van der Waals surface area contributed by atoms with Crippen molar-refractivity contribution < 1.29 is 19.5 Å². The number of aryl methyl sites for hydroxylation is 1. The first-order chi connectivity index (χ1) is 10.9. The number of hydrogen-bond donors (Lipinski definition) is 1. The van der Waals surface area contributed by atoms with E-state index in [9.17, 15) is 9.90 Å². The minimum Gasteiger partial charge on any atom is -0.511 e. The zero-order chi connectivity index (χ0) is 17.1. The van der Waals surface area contributed by atoms with Gasteiger partial charge < -0.3 is 14.7 Å². The molecule has 0 aromatic heterocycles. The Morgan fingerprint density at radius 1 is 1.43 bits per heavy atom. The highest BCUT2D eigenvalue weighted by molar-refractivity contribution is 9.10. The second-order valence-electron chi connectivity index (χ2n) is 5.60. The molecule has 5 nitrogen and oxygen atoms in total. The highest BCUT2D eigenvalue weighted by Crippen LogP contribution is 2.41. The number of aliphatic hydroxyl groups is 1. The van der Waals surface area contributed by atoms with Crippen LogP contribution in [0.2, 0.25) is 0 Å². The van der Waals surface area contributed by atoms with E-state index >= 15 is 0 Å². The van der Waals surface area contributed by atoms with Crippen molar-refractivity contribution in [1.29, 1.82) is 0 Å². The van der Waals surface area contributed by atoms with Crippen molar-refractivity contribution in [2.24, 2.45) is 11.1 Å². The zero-order valence-electron chi connectivity index (χ0n) is 13.6. The Kier molecular flexibility index (Phi) is 5.46. The molecule has 0 heterocycles. The normalized spacial score (nSPS) is 18.6. The first-order valence-electron chi connectivity index (χ1n) is 7.26. The topological polar surface area (TPSA) is 68.1 Å². The second kappa shape index (κ2) is 7.17. The van der Waals surface area contributed by atoms with E-state index in [2.05, 4.69) is 21.1 Å².